The smallest absolute Gasteiger partial charge is 0.312 e. The monoisotopic (exact) mass is 303 g/mol. The third-order valence-electron chi connectivity index (χ3n) is 2.46. The van der Waals surface area contributed by atoms with Gasteiger partial charge in [0.1, 0.15) is 5.02 Å². The van der Waals surface area contributed by atoms with Crippen LogP contribution >= 0.6 is 35.0 Å². The molecule has 0 saturated heterocycles. The molecule has 2 N–H and O–H groups in total. The Bertz CT molecular complexity index is 497. The first-order valence-electron chi connectivity index (χ1n) is 5.32. The lowest BCUT2D eigenvalue weighted by Crippen LogP contribution is -2.14. The molecule has 0 bridgehead atoms. The van der Waals surface area contributed by atoms with E-state index in [9.17, 15) is 4.79 Å². The molecule has 6 heteroatoms. The van der Waals surface area contributed by atoms with Crippen molar-refractivity contribution in [3.8, 4) is 5.75 Å². The molecule has 1 aliphatic heterocycles. The van der Waals surface area contributed by atoms with Crippen molar-refractivity contribution in [3.63, 3.8) is 0 Å². The Morgan fingerprint density at radius 2 is 2.22 bits per heavy atom. The largest absolute Gasteiger partial charge is 0.425 e. The van der Waals surface area contributed by atoms with E-state index < -0.39 is 0 Å². The lowest BCUT2D eigenvalue weighted by atomic mass is 10.2. The van der Waals surface area contributed by atoms with Crippen molar-refractivity contribution < 1.29 is 9.53 Å². The fraction of sp³-hybridized carbons (Fsp3) is 0.250. The van der Waals surface area contributed by atoms with Crippen LogP contribution in [0.2, 0.25) is 10.0 Å². The average molecular weight is 304 g/mol. The van der Waals surface area contributed by atoms with Crippen LogP contribution in [0.5, 0.6) is 5.75 Å². The van der Waals surface area contributed by atoms with Gasteiger partial charge in [-0.3, -0.25) is 4.79 Å². The Hall–Kier alpha value is -0.840. The van der Waals surface area contributed by atoms with Gasteiger partial charge in [0.05, 0.1) is 17.1 Å². The normalized spacial score (nSPS) is 18.0. The van der Waals surface area contributed by atoms with Crippen molar-refractivity contribution in [1.82, 2.24) is 0 Å². The summed E-state index contributed by atoms with van der Waals surface area (Å²) in [7, 11) is 0. The number of thioether (sulfide) groups is 1. The maximum Gasteiger partial charge on any atom is 0.312 e. The molecule has 3 nitrogen and oxygen atoms in total. The Balaban J connectivity index is 2.00. The zero-order valence-corrected chi connectivity index (χ0v) is 11.7. The molecule has 1 atom stereocenters. The molecule has 0 amide bonds. The van der Waals surface area contributed by atoms with Gasteiger partial charge in [-0.2, -0.15) is 0 Å². The van der Waals surface area contributed by atoms with E-state index in [4.69, 9.17) is 33.7 Å². The number of hydrogen-bond donors (Lipinski definition) is 1. The number of nitrogen functional groups attached to an aromatic ring is 1. The lowest BCUT2D eigenvalue weighted by Gasteiger charge is -2.10. The number of allylic oxidation sites excluding steroid dienone is 1. The standard InChI is InChI=1S/C12H11Cl2NO2S/c13-11-8(15)3-4-9(12(11)14)17-10(16)6-7-2-1-5-18-7/h1,3-5,7H,2,6,15H2. The van der Waals surface area contributed by atoms with Gasteiger partial charge in [-0.1, -0.05) is 29.3 Å². The maximum atomic E-state index is 11.7. The van der Waals surface area contributed by atoms with E-state index in [1.54, 1.807) is 23.9 Å². The van der Waals surface area contributed by atoms with Crippen LogP contribution in [0.4, 0.5) is 5.69 Å². The van der Waals surface area contributed by atoms with Gasteiger partial charge >= 0.3 is 5.97 Å². The number of nitrogens with two attached hydrogens (primary N) is 1. The molecule has 1 aromatic rings. The van der Waals surface area contributed by atoms with Crippen LogP contribution in [-0.2, 0) is 4.79 Å². The van der Waals surface area contributed by atoms with Crippen molar-refractivity contribution >= 4 is 46.6 Å². The van der Waals surface area contributed by atoms with Gasteiger partial charge in [0.25, 0.3) is 0 Å². The second-order valence-corrected chi connectivity index (χ2v) is 5.79. The Kier molecular flexibility index (Phi) is 4.43. The van der Waals surface area contributed by atoms with Crippen LogP contribution in [0.15, 0.2) is 23.6 Å². The summed E-state index contributed by atoms with van der Waals surface area (Å²) < 4.78 is 5.19. The van der Waals surface area contributed by atoms with Crippen LogP contribution in [0.1, 0.15) is 12.8 Å². The van der Waals surface area contributed by atoms with E-state index in [1.165, 1.54) is 0 Å². The highest BCUT2D eigenvalue weighted by Gasteiger charge is 2.19. The first-order chi connectivity index (χ1) is 8.58. The second kappa shape index (κ2) is 5.87. The van der Waals surface area contributed by atoms with Crippen LogP contribution in [-0.4, -0.2) is 11.2 Å². The van der Waals surface area contributed by atoms with Crippen LogP contribution in [0, 0.1) is 0 Å². The predicted octanol–water partition coefficient (Wildman–Crippen LogP) is 3.89. The number of anilines is 1. The van der Waals surface area contributed by atoms with Gasteiger partial charge in [0, 0.05) is 5.25 Å². The first kappa shape index (κ1) is 13.6. The Labute approximate surface area is 119 Å². The number of hydrogen-bond acceptors (Lipinski definition) is 4. The predicted molar refractivity (Wildman–Crippen MR) is 76.3 cm³/mol. The summed E-state index contributed by atoms with van der Waals surface area (Å²) >= 11 is 13.5. The van der Waals surface area contributed by atoms with E-state index in [2.05, 4.69) is 0 Å². The van der Waals surface area contributed by atoms with Crippen molar-refractivity contribution in [2.45, 2.75) is 18.1 Å². The minimum Gasteiger partial charge on any atom is -0.425 e. The summed E-state index contributed by atoms with van der Waals surface area (Å²) in [5, 5.41) is 2.62. The molecule has 18 heavy (non-hydrogen) atoms. The van der Waals surface area contributed by atoms with Gasteiger partial charge in [-0.15, -0.1) is 11.8 Å². The molecule has 96 valence electrons. The van der Waals surface area contributed by atoms with Gasteiger partial charge in [-0.05, 0) is 24.0 Å². The molecule has 0 fully saturated rings. The summed E-state index contributed by atoms with van der Waals surface area (Å²) in [6.45, 7) is 0. The molecule has 0 aliphatic carbocycles. The first-order valence-corrected chi connectivity index (χ1v) is 7.02. The fourth-order valence-electron chi connectivity index (χ4n) is 1.54. The highest BCUT2D eigenvalue weighted by atomic mass is 35.5. The van der Waals surface area contributed by atoms with Crippen molar-refractivity contribution in [3.05, 3.63) is 33.7 Å². The summed E-state index contributed by atoms with van der Waals surface area (Å²) in [6.07, 6.45) is 3.27. The third-order valence-corrected chi connectivity index (χ3v) is 4.43. The topological polar surface area (TPSA) is 52.3 Å². The third kappa shape index (κ3) is 3.13. The van der Waals surface area contributed by atoms with E-state index in [0.717, 1.165) is 6.42 Å². The Morgan fingerprint density at radius 3 is 2.89 bits per heavy atom. The second-order valence-electron chi connectivity index (χ2n) is 3.82. The fourth-order valence-corrected chi connectivity index (χ4v) is 2.80. The van der Waals surface area contributed by atoms with E-state index in [0.29, 0.717) is 12.1 Å². The Morgan fingerprint density at radius 1 is 1.44 bits per heavy atom. The molecular formula is C12H11Cl2NO2S. The van der Waals surface area contributed by atoms with Gasteiger partial charge in [-0.25, -0.2) is 0 Å². The van der Waals surface area contributed by atoms with Crippen LogP contribution in [0.3, 0.4) is 0 Å². The lowest BCUT2D eigenvalue weighted by molar-refractivity contribution is -0.134. The molecule has 0 spiro atoms. The number of benzene rings is 1. The number of carbonyl (C=O) groups excluding carboxylic acids is 1. The minimum atomic E-state index is -0.320. The number of ether oxygens (including phenoxy) is 1. The number of halogens is 2. The summed E-state index contributed by atoms with van der Waals surface area (Å²) in [6, 6.07) is 3.10. The molecule has 1 heterocycles. The number of esters is 1. The molecular weight excluding hydrogens is 293 g/mol. The average Bonchev–Trinajstić information content (AvgIpc) is 2.83. The molecule has 1 unspecified atom stereocenters. The maximum absolute atomic E-state index is 11.7. The van der Waals surface area contributed by atoms with Crippen molar-refractivity contribution in [1.29, 1.82) is 0 Å². The zero-order chi connectivity index (χ0) is 13.1. The molecule has 2 rings (SSSR count). The molecule has 0 saturated carbocycles. The van der Waals surface area contributed by atoms with Crippen molar-refractivity contribution in [2.24, 2.45) is 0 Å². The van der Waals surface area contributed by atoms with E-state index in [1.807, 2.05) is 11.5 Å². The SMILES string of the molecule is Nc1ccc(OC(=O)CC2CC=CS2)c(Cl)c1Cl. The molecule has 1 aromatic carbocycles. The number of rotatable bonds is 3. The van der Waals surface area contributed by atoms with Gasteiger partial charge in [0.15, 0.2) is 5.75 Å². The molecule has 1 aliphatic rings. The molecule has 0 aromatic heterocycles. The highest BCUT2D eigenvalue weighted by molar-refractivity contribution is 8.03. The molecule has 0 radical (unpaired) electrons. The number of carbonyl (C=O) groups is 1. The van der Waals surface area contributed by atoms with Crippen LogP contribution in [0.25, 0.3) is 0 Å². The minimum absolute atomic E-state index is 0.169. The highest BCUT2D eigenvalue weighted by Crippen LogP contribution is 2.36. The van der Waals surface area contributed by atoms with Gasteiger partial charge < -0.3 is 10.5 Å². The summed E-state index contributed by atoms with van der Waals surface area (Å²) in [4.78, 5) is 11.7. The zero-order valence-electron chi connectivity index (χ0n) is 9.36. The van der Waals surface area contributed by atoms with Gasteiger partial charge in [0.2, 0.25) is 0 Å². The van der Waals surface area contributed by atoms with Crippen molar-refractivity contribution in [2.75, 3.05) is 5.73 Å². The van der Waals surface area contributed by atoms with E-state index >= 15 is 0 Å². The summed E-state index contributed by atoms with van der Waals surface area (Å²) in [5.41, 5.74) is 5.94. The van der Waals surface area contributed by atoms with Crippen LogP contribution < -0.4 is 10.5 Å². The van der Waals surface area contributed by atoms with E-state index in [-0.39, 0.29) is 27.0 Å². The quantitative estimate of drug-likeness (QED) is 0.523. The summed E-state index contributed by atoms with van der Waals surface area (Å²) in [5.74, 6) is -0.0734.